The number of fused-ring (bicyclic) bond motifs is 2. The summed E-state index contributed by atoms with van der Waals surface area (Å²) in [7, 11) is 2.82. The molecule has 0 bridgehead atoms. The number of aliphatic hydroxyl groups is 1. The largest absolute Gasteiger partial charge is 0.476 e. The quantitative estimate of drug-likeness (QED) is 0.448. The number of amides is 1. The fourth-order valence-electron chi connectivity index (χ4n) is 4.62. The van der Waals surface area contributed by atoms with E-state index in [9.17, 15) is 9.90 Å². The van der Waals surface area contributed by atoms with Gasteiger partial charge in [0.15, 0.2) is 11.2 Å². The predicted octanol–water partition coefficient (Wildman–Crippen LogP) is 4.87. The van der Waals surface area contributed by atoms with Crippen molar-refractivity contribution in [3.05, 3.63) is 53.1 Å². The first-order valence-electron chi connectivity index (χ1n) is 12.0. The number of benzene rings is 2. The Labute approximate surface area is 218 Å². The summed E-state index contributed by atoms with van der Waals surface area (Å²) >= 11 is 0. The second kappa shape index (κ2) is 9.39. The second-order valence-electron chi connectivity index (χ2n) is 10.3. The first kappa shape index (κ1) is 27.6. The summed E-state index contributed by atoms with van der Waals surface area (Å²) < 4.78 is 56.4. The molecule has 1 aliphatic heterocycles. The van der Waals surface area contributed by atoms with Gasteiger partial charge < -0.3 is 24.8 Å². The first-order valence-corrected chi connectivity index (χ1v) is 12.0. The van der Waals surface area contributed by atoms with Gasteiger partial charge in [0.25, 0.3) is 5.91 Å². The first-order chi connectivity index (χ1) is 17.6. The Morgan fingerprint density at radius 2 is 1.95 bits per heavy atom. The minimum atomic E-state index is -3.93. The van der Waals surface area contributed by atoms with Crippen molar-refractivity contribution in [2.24, 2.45) is 0 Å². The van der Waals surface area contributed by atoms with Gasteiger partial charge in [-0.05, 0) is 46.8 Å². The Morgan fingerprint density at radius 3 is 2.61 bits per heavy atom. The number of alkyl halides is 2. The van der Waals surface area contributed by atoms with Gasteiger partial charge in [0.2, 0.25) is 0 Å². The van der Waals surface area contributed by atoms with Crippen LogP contribution in [0.5, 0.6) is 5.75 Å². The van der Waals surface area contributed by atoms with Crippen molar-refractivity contribution in [3.63, 3.8) is 0 Å². The van der Waals surface area contributed by atoms with Gasteiger partial charge in [0.05, 0.1) is 29.4 Å². The Balaban J connectivity index is 1.75. The number of methoxy groups -OCH3 is 1. The summed E-state index contributed by atoms with van der Waals surface area (Å²) in [4.78, 5) is 23.2. The lowest BCUT2D eigenvalue weighted by atomic mass is 9.90. The summed E-state index contributed by atoms with van der Waals surface area (Å²) in [6.07, 6.45) is 0. The molecule has 11 heteroatoms. The minimum absolute atomic E-state index is 0.0462. The lowest BCUT2D eigenvalue weighted by Crippen LogP contribution is -2.50. The normalized spacial score (nSPS) is 17.6. The number of aryl methyl sites for hydroxylation is 1. The molecular formula is C27H31F3N4O4. The Hall–Kier alpha value is -3.44. The van der Waals surface area contributed by atoms with Gasteiger partial charge in [-0.1, -0.05) is 12.1 Å². The zero-order valence-corrected chi connectivity index (χ0v) is 22.3. The molecule has 4 rings (SSSR count). The SMILES string of the molecule is COC[C@](C)(O)C(F)(F)c1cccc([C@@H](C)Nc2nc(C)nc3cc4c(cc23)N(C)C(=O)C(C)(C)O4)c1F. The molecule has 0 unspecified atom stereocenters. The van der Waals surface area contributed by atoms with E-state index in [1.165, 1.54) is 24.1 Å². The molecule has 3 aromatic rings. The van der Waals surface area contributed by atoms with Gasteiger partial charge in [-0.15, -0.1) is 0 Å². The molecule has 8 nitrogen and oxygen atoms in total. The number of carbonyl (C=O) groups excluding carboxylic acids is 1. The Morgan fingerprint density at radius 1 is 1.26 bits per heavy atom. The third kappa shape index (κ3) is 4.54. The van der Waals surface area contributed by atoms with Gasteiger partial charge in [-0.3, -0.25) is 4.79 Å². The molecule has 0 saturated heterocycles. The number of halogens is 3. The summed E-state index contributed by atoms with van der Waals surface area (Å²) in [5.74, 6) is -4.08. The van der Waals surface area contributed by atoms with Gasteiger partial charge in [-0.2, -0.15) is 8.78 Å². The van der Waals surface area contributed by atoms with Gasteiger partial charge in [0, 0.05) is 31.2 Å². The fraction of sp³-hybridized carbons (Fsp3) is 0.444. The highest BCUT2D eigenvalue weighted by Gasteiger charge is 2.52. The molecule has 204 valence electrons. The molecular weight excluding hydrogens is 501 g/mol. The van der Waals surface area contributed by atoms with Gasteiger partial charge >= 0.3 is 5.92 Å². The zero-order chi connectivity index (χ0) is 28.2. The van der Waals surface area contributed by atoms with Crippen LogP contribution in [0.25, 0.3) is 10.9 Å². The average molecular weight is 533 g/mol. The van der Waals surface area contributed by atoms with Crippen LogP contribution in [0.2, 0.25) is 0 Å². The van der Waals surface area contributed by atoms with Gasteiger partial charge in [0.1, 0.15) is 23.2 Å². The van der Waals surface area contributed by atoms with E-state index in [4.69, 9.17) is 9.47 Å². The molecule has 1 aliphatic rings. The van der Waals surface area contributed by atoms with Gasteiger partial charge in [-0.25, -0.2) is 14.4 Å². The standard InChI is InChI=1S/C27H31F3N4O4/c1-14(16-9-8-10-18(22(16)28)27(29,30)26(5,36)13-37-7)31-23-17-11-20-21(12-19(17)32-15(2)33-23)38-25(3,4)24(35)34(20)6/h8-12,14,36H,13H2,1-7H3,(H,31,32,33)/t14-,26+/m1/s1. The summed E-state index contributed by atoms with van der Waals surface area (Å²) in [6, 6.07) is 6.25. The molecule has 0 fully saturated rings. The molecule has 2 atom stereocenters. The van der Waals surface area contributed by atoms with Crippen LogP contribution in [0.1, 0.15) is 50.7 Å². The van der Waals surface area contributed by atoms with Crippen LogP contribution in [0.15, 0.2) is 30.3 Å². The lowest BCUT2D eigenvalue weighted by molar-refractivity contribution is -0.201. The maximum atomic E-state index is 15.5. The molecule has 1 aromatic heterocycles. The van der Waals surface area contributed by atoms with E-state index in [1.807, 2.05) is 0 Å². The topological polar surface area (TPSA) is 96.8 Å². The number of nitrogens with zero attached hydrogens (tertiary/aromatic N) is 3. The molecule has 2 aromatic carbocycles. The van der Waals surface area contributed by atoms with E-state index in [0.29, 0.717) is 34.0 Å². The van der Waals surface area contributed by atoms with Crippen molar-refractivity contribution in [1.82, 2.24) is 9.97 Å². The van der Waals surface area contributed by atoms with E-state index >= 15 is 13.2 Å². The molecule has 0 aliphatic carbocycles. The third-order valence-corrected chi connectivity index (χ3v) is 6.72. The van der Waals surface area contributed by atoms with Crippen LogP contribution in [-0.2, 0) is 15.5 Å². The number of carbonyl (C=O) groups is 1. The average Bonchev–Trinajstić information content (AvgIpc) is 2.81. The maximum absolute atomic E-state index is 15.5. The molecule has 0 spiro atoms. The third-order valence-electron chi connectivity index (χ3n) is 6.72. The van der Waals surface area contributed by atoms with Crippen LogP contribution in [-0.4, -0.2) is 52.9 Å². The molecule has 38 heavy (non-hydrogen) atoms. The van der Waals surface area contributed by atoms with E-state index in [-0.39, 0.29) is 11.5 Å². The highest BCUT2D eigenvalue weighted by Crippen LogP contribution is 2.43. The van der Waals surface area contributed by atoms with Crippen LogP contribution in [0, 0.1) is 12.7 Å². The molecule has 2 heterocycles. The minimum Gasteiger partial charge on any atom is -0.476 e. The van der Waals surface area contributed by atoms with E-state index in [2.05, 4.69) is 15.3 Å². The number of aromatic nitrogens is 2. The van der Waals surface area contributed by atoms with Crippen molar-refractivity contribution in [2.45, 2.75) is 57.8 Å². The van der Waals surface area contributed by atoms with Crippen molar-refractivity contribution in [3.8, 4) is 5.75 Å². The van der Waals surface area contributed by atoms with Crippen LogP contribution in [0.3, 0.4) is 0 Å². The number of nitrogens with one attached hydrogen (secondary N) is 1. The van der Waals surface area contributed by atoms with Crippen molar-refractivity contribution < 1.29 is 32.5 Å². The molecule has 2 N–H and O–H groups in total. The lowest BCUT2D eigenvalue weighted by Gasteiger charge is -2.37. The number of likely N-dealkylation sites (N-methyl/N-ethyl adjacent to an activating group) is 1. The monoisotopic (exact) mass is 532 g/mol. The highest BCUT2D eigenvalue weighted by atomic mass is 19.3. The molecule has 0 radical (unpaired) electrons. The van der Waals surface area contributed by atoms with E-state index in [0.717, 1.165) is 13.0 Å². The fourth-order valence-corrected chi connectivity index (χ4v) is 4.62. The van der Waals surface area contributed by atoms with E-state index in [1.54, 1.807) is 46.9 Å². The van der Waals surface area contributed by atoms with Crippen molar-refractivity contribution in [1.29, 1.82) is 0 Å². The predicted molar refractivity (Wildman–Crippen MR) is 137 cm³/mol. The Kier molecular flexibility index (Phi) is 6.82. The van der Waals surface area contributed by atoms with Crippen LogP contribution < -0.4 is 15.0 Å². The summed E-state index contributed by atoms with van der Waals surface area (Å²) in [6.45, 7) is 6.87. The second-order valence-corrected chi connectivity index (χ2v) is 10.3. The van der Waals surface area contributed by atoms with E-state index < -0.39 is 41.2 Å². The Bertz CT molecular complexity index is 1410. The molecule has 1 amide bonds. The number of hydrogen-bond donors (Lipinski definition) is 2. The number of ether oxygens (including phenoxy) is 2. The summed E-state index contributed by atoms with van der Waals surface area (Å²) in [5.41, 5.74) is -3.62. The number of anilines is 2. The van der Waals surface area contributed by atoms with Crippen molar-refractivity contribution >= 4 is 28.3 Å². The van der Waals surface area contributed by atoms with Crippen LogP contribution >= 0.6 is 0 Å². The zero-order valence-electron chi connectivity index (χ0n) is 22.3. The smallest absolute Gasteiger partial charge is 0.306 e. The maximum Gasteiger partial charge on any atom is 0.306 e. The van der Waals surface area contributed by atoms with Crippen LogP contribution in [0.4, 0.5) is 24.7 Å². The highest BCUT2D eigenvalue weighted by molar-refractivity contribution is 6.05. The number of hydrogen-bond acceptors (Lipinski definition) is 7. The number of rotatable bonds is 7. The molecule has 0 saturated carbocycles. The summed E-state index contributed by atoms with van der Waals surface area (Å²) in [5, 5.41) is 13.9. The van der Waals surface area contributed by atoms with Crippen molar-refractivity contribution in [2.75, 3.05) is 31.0 Å².